The summed E-state index contributed by atoms with van der Waals surface area (Å²) in [5, 5.41) is 0. The standard InChI is InChI=1S/C17H28N2O/c1-14(18)11-15-6-10-19(12-15)13-16-5-9-17(20-16)7-3-2-4-8-17/h6,10,12,14,16H,2-5,7-9,11,13,18H2,1H3. The van der Waals surface area contributed by atoms with Crippen LogP contribution in [0.3, 0.4) is 0 Å². The first-order chi connectivity index (χ1) is 9.65. The zero-order valence-corrected chi connectivity index (χ0v) is 12.7. The summed E-state index contributed by atoms with van der Waals surface area (Å²) in [6, 6.07) is 2.42. The molecule has 2 unspecified atom stereocenters. The molecule has 3 nitrogen and oxygen atoms in total. The van der Waals surface area contributed by atoms with E-state index in [-0.39, 0.29) is 11.6 Å². The van der Waals surface area contributed by atoms with Crippen LogP contribution in [0.4, 0.5) is 0 Å². The molecule has 2 aliphatic rings. The molecule has 112 valence electrons. The average molecular weight is 276 g/mol. The van der Waals surface area contributed by atoms with E-state index in [1.807, 2.05) is 0 Å². The molecule has 1 aliphatic heterocycles. The zero-order chi connectivity index (χ0) is 14.0. The predicted octanol–water partition coefficient (Wildman–Crippen LogP) is 3.26. The molecule has 2 atom stereocenters. The Morgan fingerprint density at radius 2 is 2.15 bits per heavy atom. The van der Waals surface area contributed by atoms with Crippen molar-refractivity contribution in [2.24, 2.45) is 5.73 Å². The Bertz CT molecular complexity index is 432. The van der Waals surface area contributed by atoms with Gasteiger partial charge in [0.1, 0.15) is 0 Å². The molecule has 1 aromatic rings. The van der Waals surface area contributed by atoms with Crippen LogP contribution in [0.5, 0.6) is 0 Å². The summed E-state index contributed by atoms with van der Waals surface area (Å²) in [5.74, 6) is 0. The molecule has 2 fully saturated rings. The molecule has 3 rings (SSSR count). The van der Waals surface area contributed by atoms with Crippen LogP contribution >= 0.6 is 0 Å². The molecule has 2 heterocycles. The minimum absolute atomic E-state index is 0.235. The first-order valence-corrected chi connectivity index (χ1v) is 8.23. The molecule has 2 N–H and O–H groups in total. The number of ether oxygens (including phenoxy) is 1. The number of rotatable bonds is 4. The molecule has 0 amide bonds. The second kappa shape index (κ2) is 5.90. The predicted molar refractivity (Wildman–Crippen MR) is 81.7 cm³/mol. The lowest BCUT2D eigenvalue weighted by Gasteiger charge is -2.33. The first kappa shape index (κ1) is 14.2. The van der Waals surface area contributed by atoms with Crippen LogP contribution in [0, 0.1) is 0 Å². The second-order valence-corrected chi connectivity index (χ2v) is 6.92. The molecule has 1 spiro atoms. The average Bonchev–Trinajstić information content (AvgIpc) is 2.99. The Morgan fingerprint density at radius 3 is 2.90 bits per heavy atom. The van der Waals surface area contributed by atoms with Crippen molar-refractivity contribution in [1.29, 1.82) is 0 Å². The molecular weight excluding hydrogens is 248 g/mol. The van der Waals surface area contributed by atoms with Crippen molar-refractivity contribution in [2.45, 2.75) is 82.6 Å². The maximum Gasteiger partial charge on any atom is 0.0762 e. The fraction of sp³-hybridized carbons (Fsp3) is 0.765. The van der Waals surface area contributed by atoms with Gasteiger partial charge < -0.3 is 15.0 Å². The third-order valence-electron chi connectivity index (χ3n) is 4.89. The van der Waals surface area contributed by atoms with E-state index < -0.39 is 0 Å². The smallest absolute Gasteiger partial charge is 0.0762 e. The SMILES string of the molecule is CC(N)Cc1ccn(CC2CCC3(CCCCC3)O2)c1. The van der Waals surface area contributed by atoms with Crippen molar-refractivity contribution in [3.8, 4) is 0 Å². The van der Waals surface area contributed by atoms with Crippen LogP contribution in [0.15, 0.2) is 18.5 Å². The summed E-state index contributed by atoms with van der Waals surface area (Å²) in [6.45, 7) is 3.06. The van der Waals surface area contributed by atoms with Crippen molar-refractivity contribution in [3.63, 3.8) is 0 Å². The zero-order valence-electron chi connectivity index (χ0n) is 12.7. The van der Waals surface area contributed by atoms with Gasteiger partial charge in [0.25, 0.3) is 0 Å². The maximum atomic E-state index is 6.44. The van der Waals surface area contributed by atoms with Crippen molar-refractivity contribution >= 4 is 0 Å². The first-order valence-electron chi connectivity index (χ1n) is 8.23. The van der Waals surface area contributed by atoms with E-state index in [9.17, 15) is 0 Å². The number of nitrogens with zero attached hydrogens (tertiary/aromatic N) is 1. The van der Waals surface area contributed by atoms with Gasteiger partial charge >= 0.3 is 0 Å². The quantitative estimate of drug-likeness (QED) is 0.917. The number of hydrogen-bond donors (Lipinski definition) is 1. The number of nitrogens with two attached hydrogens (primary N) is 1. The van der Waals surface area contributed by atoms with Crippen LogP contribution in [0.2, 0.25) is 0 Å². The maximum absolute atomic E-state index is 6.44. The highest BCUT2D eigenvalue weighted by Crippen LogP contribution is 2.42. The largest absolute Gasteiger partial charge is 0.370 e. The summed E-state index contributed by atoms with van der Waals surface area (Å²) in [5.41, 5.74) is 7.44. The molecule has 1 saturated carbocycles. The van der Waals surface area contributed by atoms with Gasteiger partial charge in [0.05, 0.1) is 11.7 Å². The minimum Gasteiger partial charge on any atom is -0.370 e. The van der Waals surface area contributed by atoms with Gasteiger partial charge in [-0.3, -0.25) is 0 Å². The molecule has 1 aliphatic carbocycles. The Kier molecular flexibility index (Phi) is 4.18. The lowest BCUT2D eigenvalue weighted by Crippen LogP contribution is -2.32. The Morgan fingerprint density at radius 1 is 1.35 bits per heavy atom. The monoisotopic (exact) mass is 276 g/mol. The highest BCUT2D eigenvalue weighted by Gasteiger charge is 2.40. The molecule has 1 aromatic heterocycles. The van der Waals surface area contributed by atoms with E-state index in [2.05, 4.69) is 30.0 Å². The fourth-order valence-electron chi connectivity index (χ4n) is 3.92. The van der Waals surface area contributed by atoms with Crippen molar-refractivity contribution in [3.05, 3.63) is 24.0 Å². The van der Waals surface area contributed by atoms with Crippen LogP contribution in [-0.2, 0) is 17.7 Å². The van der Waals surface area contributed by atoms with Gasteiger partial charge in [-0.05, 0) is 50.7 Å². The highest BCUT2D eigenvalue weighted by molar-refractivity contribution is 5.11. The summed E-state index contributed by atoms with van der Waals surface area (Å²) in [6.07, 6.45) is 14.9. The third-order valence-corrected chi connectivity index (χ3v) is 4.89. The van der Waals surface area contributed by atoms with Crippen LogP contribution in [-0.4, -0.2) is 22.3 Å². The molecule has 0 radical (unpaired) electrons. The molecule has 3 heteroatoms. The normalized spacial score (nSPS) is 27.0. The van der Waals surface area contributed by atoms with Gasteiger partial charge in [-0.2, -0.15) is 0 Å². The lowest BCUT2D eigenvalue weighted by atomic mass is 9.83. The van der Waals surface area contributed by atoms with E-state index in [1.165, 1.54) is 50.5 Å². The second-order valence-electron chi connectivity index (χ2n) is 6.92. The van der Waals surface area contributed by atoms with Gasteiger partial charge in [0, 0.05) is 25.0 Å². The van der Waals surface area contributed by atoms with E-state index >= 15 is 0 Å². The molecular formula is C17H28N2O. The Hall–Kier alpha value is -0.800. The topological polar surface area (TPSA) is 40.2 Å². The summed E-state index contributed by atoms with van der Waals surface area (Å²) in [7, 11) is 0. The van der Waals surface area contributed by atoms with Crippen LogP contribution in [0.1, 0.15) is 57.4 Å². The van der Waals surface area contributed by atoms with Crippen LogP contribution < -0.4 is 5.73 Å². The van der Waals surface area contributed by atoms with Gasteiger partial charge in [0.2, 0.25) is 0 Å². The number of aromatic nitrogens is 1. The van der Waals surface area contributed by atoms with Crippen molar-refractivity contribution in [1.82, 2.24) is 4.57 Å². The Labute approximate surface area is 122 Å². The van der Waals surface area contributed by atoms with E-state index in [0.29, 0.717) is 6.10 Å². The van der Waals surface area contributed by atoms with Crippen molar-refractivity contribution < 1.29 is 4.74 Å². The van der Waals surface area contributed by atoms with Gasteiger partial charge in [-0.25, -0.2) is 0 Å². The molecule has 0 aromatic carbocycles. The summed E-state index contributed by atoms with van der Waals surface area (Å²) < 4.78 is 8.72. The highest BCUT2D eigenvalue weighted by atomic mass is 16.5. The minimum atomic E-state index is 0.235. The fourth-order valence-corrected chi connectivity index (χ4v) is 3.92. The summed E-state index contributed by atoms with van der Waals surface area (Å²) >= 11 is 0. The van der Waals surface area contributed by atoms with E-state index in [4.69, 9.17) is 10.5 Å². The van der Waals surface area contributed by atoms with Gasteiger partial charge in [0.15, 0.2) is 0 Å². The van der Waals surface area contributed by atoms with Crippen LogP contribution in [0.25, 0.3) is 0 Å². The van der Waals surface area contributed by atoms with E-state index in [0.717, 1.165) is 13.0 Å². The molecule has 1 saturated heterocycles. The third kappa shape index (κ3) is 3.26. The lowest BCUT2D eigenvalue weighted by molar-refractivity contribution is -0.0679. The summed E-state index contributed by atoms with van der Waals surface area (Å²) in [4.78, 5) is 0. The van der Waals surface area contributed by atoms with E-state index in [1.54, 1.807) is 0 Å². The Balaban J connectivity index is 1.55. The van der Waals surface area contributed by atoms with Crippen molar-refractivity contribution in [2.75, 3.05) is 0 Å². The van der Waals surface area contributed by atoms with Gasteiger partial charge in [-0.1, -0.05) is 19.3 Å². The number of hydrogen-bond acceptors (Lipinski definition) is 2. The molecule has 0 bridgehead atoms. The molecule has 20 heavy (non-hydrogen) atoms. The van der Waals surface area contributed by atoms with Gasteiger partial charge in [-0.15, -0.1) is 0 Å².